The maximum Gasteiger partial charge on any atom is 0.240 e. The van der Waals surface area contributed by atoms with E-state index in [1.54, 1.807) is 0 Å². The molecule has 1 heterocycles. The number of hydrogen-bond donors (Lipinski definition) is 2. The summed E-state index contributed by atoms with van der Waals surface area (Å²) in [5.74, 6) is -0.0715. The van der Waals surface area contributed by atoms with Gasteiger partial charge in [0, 0.05) is 19.8 Å². The van der Waals surface area contributed by atoms with Gasteiger partial charge in [-0.3, -0.25) is 4.79 Å². The number of nitrogens with zero attached hydrogens (tertiary/aromatic N) is 1. The standard InChI is InChI=1S/C18H29N3O2.2ClH/c1-4-14-5-7-15(8-6-14)16(21(2)3)13-20-17(22)18(19)9-11-23-12-10-18;;/h5-8,16H,4,9-13,19H2,1-3H3,(H,20,22);2*1H. The van der Waals surface area contributed by atoms with Crippen molar-refractivity contribution >= 4 is 30.7 Å². The molecular weight excluding hydrogens is 361 g/mol. The first kappa shape index (κ1) is 24.1. The highest BCUT2D eigenvalue weighted by atomic mass is 35.5. The summed E-state index contributed by atoms with van der Waals surface area (Å²) < 4.78 is 5.30. The largest absolute Gasteiger partial charge is 0.381 e. The number of halogens is 2. The molecule has 1 fully saturated rings. The van der Waals surface area contributed by atoms with Crippen molar-refractivity contribution < 1.29 is 9.53 Å². The third-order valence-electron chi connectivity index (χ3n) is 4.69. The molecule has 1 aliphatic rings. The lowest BCUT2D eigenvalue weighted by Crippen LogP contribution is -2.57. The predicted octanol–water partition coefficient (Wildman–Crippen LogP) is 2.32. The number of rotatable bonds is 6. The number of aryl methyl sites for hydroxylation is 1. The van der Waals surface area contributed by atoms with Crippen LogP contribution in [-0.2, 0) is 16.0 Å². The van der Waals surface area contributed by atoms with Crippen molar-refractivity contribution in [3.8, 4) is 0 Å². The second kappa shape index (κ2) is 11.0. The van der Waals surface area contributed by atoms with Crippen LogP contribution < -0.4 is 11.1 Å². The molecule has 7 heteroatoms. The summed E-state index contributed by atoms with van der Waals surface area (Å²) >= 11 is 0. The van der Waals surface area contributed by atoms with Gasteiger partial charge in [-0.25, -0.2) is 0 Å². The highest BCUT2D eigenvalue weighted by molar-refractivity contribution is 5.86. The van der Waals surface area contributed by atoms with E-state index in [2.05, 4.69) is 41.4 Å². The number of ether oxygens (including phenoxy) is 1. The van der Waals surface area contributed by atoms with Gasteiger partial charge in [0.1, 0.15) is 0 Å². The minimum Gasteiger partial charge on any atom is -0.381 e. The summed E-state index contributed by atoms with van der Waals surface area (Å²) in [6.45, 7) is 3.81. The number of nitrogens with one attached hydrogen (secondary N) is 1. The van der Waals surface area contributed by atoms with Crippen molar-refractivity contribution in [1.82, 2.24) is 10.2 Å². The van der Waals surface area contributed by atoms with Gasteiger partial charge in [0.15, 0.2) is 0 Å². The van der Waals surface area contributed by atoms with Crippen LogP contribution in [0.25, 0.3) is 0 Å². The molecule has 2 rings (SSSR count). The Bertz CT molecular complexity index is 518. The van der Waals surface area contributed by atoms with E-state index in [-0.39, 0.29) is 36.8 Å². The molecule has 144 valence electrons. The number of carbonyl (C=O) groups is 1. The minimum atomic E-state index is -0.790. The third-order valence-corrected chi connectivity index (χ3v) is 4.69. The Kier molecular flexibility index (Phi) is 10.6. The fourth-order valence-corrected chi connectivity index (χ4v) is 2.90. The van der Waals surface area contributed by atoms with E-state index in [1.165, 1.54) is 11.1 Å². The van der Waals surface area contributed by atoms with Crippen LogP contribution in [0, 0.1) is 0 Å². The highest BCUT2D eigenvalue weighted by Crippen LogP contribution is 2.21. The lowest BCUT2D eigenvalue weighted by molar-refractivity contribution is -0.130. The smallest absolute Gasteiger partial charge is 0.240 e. The fourth-order valence-electron chi connectivity index (χ4n) is 2.90. The Hall–Kier alpha value is -0.850. The Labute approximate surface area is 163 Å². The summed E-state index contributed by atoms with van der Waals surface area (Å²) in [7, 11) is 4.05. The van der Waals surface area contributed by atoms with Crippen molar-refractivity contribution in [2.75, 3.05) is 33.9 Å². The molecule has 0 bridgehead atoms. The van der Waals surface area contributed by atoms with E-state index in [4.69, 9.17) is 10.5 Å². The Morgan fingerprint density at radius 3 is 2.28 bits per heavy atom. The van der Waals surface area contributed by atoms with E-state index in [0.29, 0.717) is 32.6 Å². The van der Waals surface area contributed by atoms with Crippen LogP contribution in [0.1, 0.15) is 36.9 Å². The van der Waals surface area contributed by atoms with Gasteiger partial charge in [0.25, 0.3) is 0 Å². The third kappa shape index (κ3) is 6.42. The van der Waals surface area contributed by atoms with Gasteiger partial charge in [0.2, 0.25) is 5.91 Å². The molecule has 1 aromatic carbocycles. The first-order valence-electron chi connectivity index (χ1n) is 8.36. The van der Waals surface area contributed by atoms with Gasteiger partial charge in [-0.15, -0.1) is 24.8 Å². The Morgan fingerprint density at radius 1 is 1.24 bits per heavy atom. The zero-order chi connectivity index (χ0) is 16.9. The molecule has 0 aliphatic carbocycles. The van der Waals surface area contributed by atoms with Crippen molar-refractivity contribution in [1.29, 1.82) is 0 Å². The Balaban J connectivity index is 0.00000288. The molecular formula is C18H31Cl2N3O2. The number of nitrogens with two attached hydrogens (primary N) is 1. The molecule has 0 radical (unpaired) electrons. The molecule has 1 aromatic rings. The van der Waals surface area contributed by atoms with Crippen molar-refractivity contribution in [3.05, 3.63) is 35.4 Å². The first-order chi connectivity index (χ1) is 11.0. The van der Waals surface area contributed by atoms with Crippen LogP contribution >= 0.6 is 24.8 Å². The van der Waals surface area contributed by atoms with Gasteiger partial charge in [-0.1, -0.05) is 31.2 Å². The second-order valence-electron chi connectivity index (χ2n) is 6.55. The molecule has 0 spiro atoms. The molecule has 5 nitrogen and oxygen atoms in total. The lowest BCUT2D eigenvalue weighted by atomic mass is 9.90. The van der Waals surface area contributed by atoms with Crippen LogP contribution in [0.15, 0.2) is 24.3 Å². The highest BCUT2D eigenvalue weighted by Gasteiger charge is 2.36. The zero-order valence-corrected chi connectivity index (χ0v) is 16.9. The normalized spacial score (nSPS) is 17.2. The van der Waals surface area contributed by atoms with E-state index >= 15 is 0 Å². The van der Waals surface area contributed by atoms with Crippen LogP contribution in [-0.4, -0.2) is 50.2 Å². The zero-order valence-electron chi connectivity index (χ0n) is 15.3. The van der Waals surface area contributed by atoms with Gasteiger partial charge in [-0.2, -0.15) is 0 Å². The molecule has 1 aliphatic heterocycles. The molecule has 1 saturated heterocycles. The van der Waals surface area contributed by atoms with Gasteiger partial charge >= 0.3 is 0 Å². The van der Waals surface area contributed by atoms with E-state index in [0.717, 1.165) is 6.42 Å². The number of amides is 1. The molecule has 1 atom stereocenters. The molecule has 1 unspecified atom stereocenters. The maximum atomic E-state index is 12.5. The Morgan fingerprint density at radius 2 is 1.80 bits per heavy atom. The molecule has 0 saturated carbocycles. The van der Waals surface area contributed by atoms with E-state index < -0.39 is 5.54 Å². The summed E-state index contributed by atoms with van der Waals surface area (Å²) in [5.41, 5.74) is 7.96. The summed E-state index contributed by atoms with van der Waals surface area (Å²) in [4.78, 5) is 14.6. The summed E-state index contributed by atoms with van der Waals surface area (Å²) in [5, 5.41) is 3.04. The average Bonchev–Trinajstić information content (AvgIpc) is 2.55. The number of carbonyl (C=O) groups excluding carboxylic acids is 1. The maximum absolute atomic E-state index is 12.5. The fraction of sp³-hybridized carbons (Fsp3) is 0.611. The van der Waals surface area contributed by atoms with Crippen molar-refractivity contribution in [3.63, 3.8) is 0 Å². The quantitative estimate of drug-likeness (QED) is 0.780. The summed E-state index contributed by atoms with van der Waals surface area (Å²) in [6.07, 6.45) is 2.19. The SMILES string of the molecule is CCc1ccc(C(CNC(=O)C2(N)CCOCC2)N(C)C)cc1.Cl.Cl. The van der Waals surface area contributed by atoms with Crippen molar-refractivity contribution in [2.45, 2.75) is 37.8 Å². The summed E-state index contributed by atoms with van der Waals surface area (Å²) in [6, 6.07) is 8.71. The van der Waals surface area contributed by atoms with Crippen LogP contribution in [0.2, 0.25) is 0 Å². The minimum absolute atomic E-state index is 0. The molecule has 3 N–H and O–H groups in total. The molecule has 0 aromatic heterocycles. The number of benzene rings is 1. The average molecular weight is 392 g/mol. The monoisotopic (exact) mass is 391 g/mol. The van der Waals surface area contributed by atoms with Gasteiger partial charge in [0.05, 0.1) is 11.6 Å². The molecule has 25 heavy (non-hydrogen) atoms. The topological polar surface area (TPSA) is 67.6 Å². The lowest BCUT2D eigenvalue weighted by Gasteiger charge is -2.33. The van der Waals surface area contributed by atoms with Crippen molar-refractivity contribution in [2.24, 2.45) is 5.73 Å². The number of hydrogen-bond acceptors (Lipinski definition) is 4. The van der Waals surface area contributed by atoms with Crippen LogP contribution in [0.3, 0.4) is 0 Å². The van der Waals surface area contributed by atoms with E-state index in [9.17, 15) is 4.79 Å². The molecule has 1 amide bonds. The van der Waals surface area contributed by atoms with Gasteiger partial charge in [-0.05, 0) is 44.5 Å². The first-order valence-corrected chi connectivity index (χ1v) is 8.36. The number of likely N-dealkylation sites (N-methyl/N-ethyl adjacent to an activating group) is 1. The van der Waals surface area contributed by atoms with Gasteiger partial charge < -0.3 is 20.7 Å². The van der Waals surface area contributed by atoms with Crippen LogP contribution in [0.5, 0.6) is 0 Å². The predicted molar refractivity (Wildman–Crippen MR) is 107 cm³/mol. The van der Waals surface area contributed by atoms with Crippen LogP contribution in [0.4, 0.5) is 0 Å². The second-order valence-corrected chi connectivity index (χ2v) is 6.55. The van der Waals surface area contributed by atoms with E-state index in [1.807, 2.05) is 14.1 Å².